The van der Waals surface area contributed by atoms with Gasteiger partial charge in [0.25, 0.3) is 0 Å². The van der Waals surface area contributed by atoms with Crippen molar-refractivity contribution in [2.75, 3.05) is 5.32 Å². The largest absolute Gasteiger partial charge is 0.374 e. The third kappa shape index (κ3) is 2.30. The molecule has 0 radical (unpaired) electrons. The zero-order valence-corrected chi connectivity index (χ0v) is 10.7. The molecule has 0 aliphatic heterocycles. The number of hydrogen-bond donors (Lipinski definition) is 1. The minimum absolute atomic E-state index is 0.164. The monoisotopic (exact) mass is 230 g/mol. The molecule has 4 heteroatoms. The van der Waals surface area contributed by atoms with Gasteiger partial charge in [-0.15, -0.1) is 0 Å². The second-order valence-corrected chi connectivity index (χ2v) is 4.35. The molecule has 4 nitrogen and oxygen atoms in total. The van der Waals surface area contributed by atoms with Crippen LogP contribution in [0.5, 0.6) is 0 Å². The normalized spacial score (nSPS) is 12.5. The number of aryl methyl sites for hydroxylation is 3. The lowest BCUT2D eigenvalue weighted by Gasteiger charge is -2.18. The lowest BCUT2D eigenvalue weighted by molar-refractivity contribution is 0.720. The standard InChI is InChI=1S/C13H18N4/c1-9-5-6-14-10(2)12(9)16-11(3)13-15-7-8-17(13)4/h5-8,11,16H,1-4H3. The number of nitrogens with one attached hydrogen (secondary N) is 1. The van der Waals surface area contributed by atoms with Crippen LogP contribution in [-0.4, -0.2) is 14.5 Å². The number of imidazole rings is 1. The van der Waals surface area contributed by atoms with Crippen LogP contribution < -0.4 is 5.32 Å². The summed E-state index contributed by atoms with van der Waals surface area (Å²) in [7, 11) is 2.00. The molecule has 0 aliphatic rings. The lowest BCUT2D eigenvalue weighted by atomic mass is 10.2. The molecule has 0 spiro atoms. The Labute approximate surface area is 102 Å². The molecule has 0 amide bonds. The minimum Gasteiger partial charge on any atom is -0.374 e. The van der Waals surface area contributed by atoms with Crippen LogP contribution in [0.25, 0.3) is 0 Å². The van der Waals surface area contributed by atoms with Gasteiger partial charge in [0.15, 0.2) is 0 Å². The molecular weight excluding hydrogens is 212 g/mol. The fraction of sp³-hybridized carbons (Fsp3) is 0.385. The van der Waals surface area contributed by atoms with Crippen LogP contribution in [0.4, 0.5) is 5.69 Å². The SMILES string of the molecule is Cc1ccnc(C)c1NC(C)c1nccn1C. The highest BCUT2D eigenvalue weighted by molar-refractivity contribution is 5.54. The zero-order chi connectivity index (χ0) is 12.4. The summed E-state index contributed by atoms with van der Waals surface area (Å²) in [6.45, 7) is 6.21. The first-order valence-corrected chi connectivity index (χ1v) is 5.75. The van der Waals surface area contributed by atoms with Gasteiger partial charge in [-0.25, -0.2) is 4.98 Å². The fourth-order valence-corrected chi connectivity index (χ4v) is 1.99. The predicted molar refractivity (Wildman–Crippen MR) is 69.0 cm³/mol. The van der Waals surface area contributed by atoms with E-state index < -0.39 is 0 Å². The Bertz CT molecular complexity index is 496. The Morgan fingerprint density at radius 1 is 1.24 bits per heavy atom. The van der Waals surface area contributed by atoms with Crippen LogP contribution in [0.3, 0.4) is 0 Å². The Morgan fingerprint density at radius 2 is 2.00 bits per heavy atom. The maximum absolute atomic E-state index is 4.35. The third-order valence-corrected chi connectivity index (χ3v) is 2.96. The van der Waals surface area contributed by atoms with Gasteiger partial charge in [-0.2, -0.15) is 0 Å². The predicted octanol–water partition coefficient (Wildman–Crippen LogP) is 2.61. The van der Waals surface area contributed by atoms with Crippen molar-refractivity contribution >= 4 is 5.69 Å². The fourth-order valence-electron chi connectivity index (χ4n) is 1.99. The molecule has 1 N–H and O–H groups in total. The maximum atomic E-state index is 4.35. The number of rotatable bonds is 3. The molecule has 90 valence electrons. The topological polar surface area (TPSA) is 42.7 Å². The Morgan fingerprint density at radius 3 is 2.59 bits per heavy atom. The Kier molecular flexibility index (Phi) is 3.13. The van der Waals surface area contributed by atoms with Gasteiger partial charge in [0.05, 0.1) is 17.4 Å². The molecular formula is C13H18N4. The highest BCUT2D eigenvalue weighted by Crippen LogP contribution is 2.22. The number of anilines is 1. The van der Waals surface area contributed by atoms with E-state index in [1.54, 1.807) is 0 Å². The second kappa shape index (κ2) is 4.57. The van der Waals surface area contributed by atoms with E-state index in [1.165, 1.54) is 5.56 Å². The first-order chi connectivity index (χ1) is 8.09. The summed E-state index contributed by atoms with van der Waals surface area (Å²) in [6.07, 6.45) is 5.61. The molecule has 0 saturated heterocycles. The van der Waals surface area contributed by atoms with Crippen LogP contribution in [0, 0.1) is 13.8 Å². The minimum atomic E-state index is 0.164. The van der Waals surface area contributed by atoms with Crippen molar-refractivity contribution < 1.29 is 0 Å². The molecule has 0 aromatic carbocycles. The molecule has 17 heavy (non-hydrogen) atoms. The van der Waals surface area contributed by atoms with Crippen molar-refractivity contribution in [1.29, 1.82) is 0 Å². The number of pyridine rings is 1. The van der Waals surface area contributed by atoms with Gasteiger partial charge < -0.3 is 9.88 Å². The Hall–Kier alpha value is -1.84. The van der Waals surface area contributed by atoms with Gasteiger partial charge >= 0.3 is 0 Å². The summed E-state index contributed by atoms with van der Waals surface area (Å²) in [5, 5.41) is 3.48. The molecule has 2 aromatic rings. The number of nitrogens with zero attached hydrogens (tertiary/aromatic N) is 3. The number of aromatic nitrogens is 3. The lowest BCUT2D eigenvalue weighted by Crippen LogP contribution is -2.13. The van der Waals surface area contributed by atoms with Gasteiger partial charge in [0.1, 0.15) is 5.82 Å². The van der Waals surface area contributed by atoms with Crippen molar-refractivity contribution in [3.63, 3.8) is 0 Å². The van der Waals surface area contributed by atoms with Crippen molar-refractivity contribution in [2.24, 2.45) is 7.05 Å². The smallest absolute Gasteiger partial charge is 0.130 e. The molecule has 1 unspecified atom stereocenters. The van der Waals surface area contributed by atoms with Crippen molar-refractivity contribution in [1.82, 2.24) is 14.5 Å². The molecule has 2 rings (SSSR count). The van der Waals surface area contributed by atoms with E-state index in [0.29, 0.717) is 0 Å². The van der Waals surface area contributed by atoms with Crippen LogP contribution in [0.15, 0.2) is 24.7 Å². The summed E-state index contributed by atoms with van der Waals surface area (Å²) in [5.41, 5.74) is 3.33. The first kappa shape index (κ1) is 11.6. The van der Waals surface area contributed by atoms with Gasteiger partial charge in [-0.05, 0) is 32.4 Å². The van der Waals surface area contributed by atoms with Crippen LogP contribution >= 0.6 is 0 Å². The zero-order valence-electron chi connectivity index (χ0n) is 10.7. The van der Waals surface area contributed by atoms with Gasteiger partial charge in [-0.3, -0.25) is 4.98 Å². The van der Waals surface area contributed by atoms with Crippen molar-refractivity contribution in [3.05, 3.63) is 41.7 Å². The molecule has 1 atom stereocenters. The molecule has 0 bridgehead atoms. The third-order valence-electron chi connectivity index (χ3n) is 2.96. The summed E-state index contributed by atoms with van der Waals surface area (Å²) in [5.74, 6) is 1.02. The van der Waals surface area contributed by atoms with Crippen molar-refractivity contribution in [2.45, 2.75) is 26.8 Å². The average molecular weight is 230 g/mol. The highest BCUT2D eigenvalue weighted by Gasteiger charge is 2.12. The van der Waals surface area contributed by atoms with Crippen LogP contribution in [-0.2, 0) is 7.05 Å². The van der Waals surface area contributed by atoms with Crippen LogP contribution in [0.2, 0.25) is 0 Å². The summed E-state index contributed by atoms with van der Waals surface area (Å²) in [6, 6.07) is 2.18. The van der Waals surface area contributed by atoms with E-state index in [4.69, 9.17) is 0 Å². The van der Waals surface area contributed by atoms with E-state index in [-0.39, 0.29) is 6.04 Å². The Balaban J connectivity index is 2.25. The van der Waals surface area contributed by atoms with E-state index >= 15 is 0 Å². The van der Waals surface area contributed by atoms with Gasteiger partial charge in [0.2, 0.25) is 0 Å². The highest BCUT2D eigenvalue weighted by atomic mass is 15.1. The molecule has 0 saturated carbocycles. The summed E-state index contributed by atoms with van der Waals surface area (Å²) < 4.78 is 2.03. The van der Waals surface area contributed by atoms with Crippen molar-refractivity contribution in [3.8, 4) is 0 Å². The van der Waals surface area contributed by atoms with Gasteiger partial charge in [-0.1, -0.05) is 0 Å². The average Bonchev–Trinajstić information content (AvgIpc) is 2.70. The maximum Gasteiger partial charge on any atom is 0.130 e. The quantitative estimate of drug-likeness (QED) is 0.881. The molecule has 2 aromatic heterocycles. The molecule has 2 heterocycles. The van der Waals surface area contributed by atoms with E-state index in [9.17, 15) is 0 Å². The molecule has 0 fully saturated rings. The summed E-state index contributed by atoms with van der Waals surface area (Å²) in [4.78, 5) is 8.66. The first-order valence-electron chi connectivity index (χ1n) is 5.75. The van der Waals surface area contributed by atoms with E-state index in [1.807, 2.05) is 43.2 Å². The van der Waals surface area contributed by atoms with E-state index in [2.05, 4.69) is 29.1 Å². The van der Waals surface area contributed by atoms with Crippen LogP contribution in [0.1, 0.15) is 30.0 Å². The summed E-state index contributed by atoms with van der Waals surface area (Å²) >= 11 is 0. The molecule has 0 aliphatic carbocycles. The number of hydrogen-bond acceptors (Lipinski definition) is 3. The second-order valence-electron chi connectivity index (χ2n) is 4.35. The van der Waals surface area contributed by atoms with Gasteiger partial charge in [0, 0.05) is 25.6 Å². The van der Waals surface area contributed by atoms with E-state index in [0.717, 1.165) is 17.2 Å².